The van der Waals surface area contributed by atoms with Crippen LogP contribution in [0.3, 0.4) is 0 Å². The van der Waals surface area contributed by atoms with Crippen molar-refractivity contribution in [3.8, 4) is 11.5 Å². The molecule has 0 radical (unpaired) electrons. The van der Waals surface area contributed by atoms with Crippen LogP contribution in [0.1, 0.15) is 24.2 Å². The number of morpholine rings is 1. The monoisotopic (exact) mass is 293 g/mol. The maximum Gasteiger partial charge on any atom is 0.343 e. The van der Waals surface area contributed by atoms with Gasteiger partial charge in [0.25, 0.3) is 0 Å². The molecule has 114 valence electrons. The minimum atomic E-state index is -0.761. The number of fused-ring (bicyclic) bond motifs is 1. The van der Waals surface area contributed by atoms with Crippen LogP contribution in [-0.4, -0.2) is 49.7 Å². The Kier molecular flexibility index (Phi) is 3.73. The Morgan fingerprint density at radius 1 is 1.29 bits per heavy atom. The number of carbonyl (C=O) groups excluding carboxylic acids is 1. The van der Waals surface area contributed by atoms with E-state index in [0.29, 0.717) is 30.3 Å². The van der Waals surface area contributed by atoms with Gasteiger partial charge in [-0.3, -0.25) is 4.90 Å². The highest BCUT2D eigenvalue weighted by molar-refractivity contribution is 5.93. The molecule has 0 aliphatic carbocycles. The molecule has 1 aromatic rings. The first-order valence-electron chi connectivity index (χ1n) is 7.03. The van der Waals surface area contributed by atoms with Crippen molar-refractivity contribution in [2.24, 2.45) is 0 Å². The molecule has 2 aliphatic heterocycles. The van der Waals surface area contributed by atoms with E-state index in [1.165, 1.54) is 0 Å². The highest BCUT2D eigenvalue weighted by atomic mass is 16.7. The molecule has 0 unspecified atom stereocenters. The van der Waals surface area contributed by atoms with Crippen molar-refractivity contribution >= 4 is 5.97 Å². The van der Waals surface area contributed by atoms with E-state index in [0.717, 1.165) is 13.1 Å². The number of hydrogen-bond acceptors (Lipinski definition) is 6. The van der Waals surface area contributed by atoms with Crippen molar-refractivity contribution in [3.05, 3.63) is 23.8 Å². The molecule has 0 aromatic heterocycles. The molecule has 1 fully saturated rings. The first-order valence-corrected chi connectivity index (χ1v) is 7.03. The van der Waals surface area contributed by atoms with Crippen LogP contribution >= 0.6 is 0 Å². The summed E-state index contributed by atoms with van der Waals surface area (Å²) in [5.74, 6) is -0.141. The third-order valence-corrected chi connectivity index (χ3v) is 3.38. The van der Waals surface area contributed by atoms with Gasteiger partial charge in [0.2, 0.25) is 5.79 Å². The zero-order valence-electron chi connectivity index (χ0n) is 12.3. The number of nitrogens with zero attached hydrogens (tertiary/aromatic N) is 1. The van der Waals surface area contributed by atoms with Gasteiger partial charge in [-0.2, -0.15) is 0 Å². The van der Waals surface area contributed by atoms with E-state index in [9.17, 15) is 4.79 Å². The number of benzene rings is 1. The zero-order valence-corrected chi connectivity index (χ0v) is 12.3. The Morgan fingerprint density at radius 3 is 2.81 bits per heavy atom. The molecule has 2 aliphatic rings. The largest absolute Gasteiger partial charge is 0.449 e. The lowest BCUT2D eigenvalue weighted by molar-refractivity contribution is -0.0439. The average molecular weight is 293 g/mol. The topological polar surface area (TPSA) is 57.2 Å². The number of para-hydroxylation sites is 1. The lowest BCUT2D eigenvalue weighted by Crippen LogP contribution is -2.38. The van der Waals surface area contributed by atoms with Gasteiger partial charge in [0.05, 0.1) is 13.2 Å². The second-order valence-corrected chi connectivity index (χ2v) is 5.53. The summed E-state index contributed by atoms with van der Waals surface area (Å²) in [6.45, 7) is 6.74. The smallest absolute Gasteiger partial charge is 0.343 e. The minimum Gasteiger partial charge on any atom is -0.449 e. The van der Waals surface area contributed by atoms with E-state index < -0.39 is 11.8 Å². The van der Waals surface area contributed by atoms with Gasteiger partial charge in [-0.05, 0) is 12.1 Å². The lowest BCUT2D eigenvalue weighted by Gasteiger charge is -2.25. The minimum absolute atomic E-state index is 0.260. The average Bonchev–Trinajstić information content (AvgIpc) is 2.79. The van der Waals surface area contributed by atoms with Crippen LogP contribution in [0.4, 0.5) is 0 Å². The lowest BCUT2D eigenvalue weighted by atomic mass is 10.2. The molecular weight excluding hydrogens is 274 g/mol. The van der Waals surface area contributed by atoms with Crippen LogP contribution < -0.4 is 9.47 Å². The third-order valence-electron chi connectivity index (χ3n) is 3.38. The normalized spacial score (nSPS) is 20.3. The van der Waals surface area contributed by atoms with E-state index >= 15 is 0 Å². The SMILES string of the molecule is CC1(C)Oc2cccc(C(=O)OCN3CCOCC3)c2O1. The number of hydrogen-bond donors (Lipinski definition) is 0. The second-order valence-electron chi connectivity index (χ2n) is 5.53. The summed E-state index contributed by atoms with van der Waals surface area (Å²) in [5, 5.41) is 0. The predicted octanol–water partition coefficient (Wildman–Crippen LogP) is 1.64. The van der Waals surface area contributed by atoms with Gasteiger partial charge in [0, 0.05) is 26.9 Å². The van der Waals surface area contributed by atoms with Crippen molar-refractivity contribution in [3.63, 3.8) is 0 Å². The molecule has 0 bridgehead atoms. The van der Waals surface area contributed by atoms with E-state index in [1.54, 1.807) is 32.0 Å². The fourth-order valence-corrected chi connectivity index (χ4v) is 2.35. The second kappa shape index (κ2) is 5.54. The number of rotatable bonds is 3. The Labute approximate surface area is 123 Å². The molecule has 1 saturated heterocycles. The molecule has 1 aromatic carbocycles. The van der Waals surface area contributed by atoms with Crippen molar-refractivity contribution in [2.75, 3.05) is 33.0 Å². The summed E-state index contributed by atoms with van der Waals surface area (Å²) >= 11 is 0. The van der Waals surface area contributed by atoms with Crippen LogP contribution in [0.25, 0.3) is 0 Å². The van der Waals surface area contributed by atoms with Gasteiger partial charge in [-0.25, -0.2) is 4.79 Å². The van der Waals surface area contributed by atoms with Gasteiger partial charge in [-0.1, -0.05) is 6.07 Å². The maximum atomic E-state index is 12.2. The van der Waals surface area contributed by atoms with Crippen molar-refractivity contribution in [1.82, 2.24) is 4.90 Å². The van der Waals surface area contributed by atoms with Gasteiger partial charge in [-0.15, -0.1) is 0 Å². The summed E-state index contributed by atoms with van der Waals surface area (Å²) in [6.07, 6.45) is 0. The van der Waals surface area contributed by atoms with Crippen molar-refractivity contribution in [1.29, 1.82) is 0 Å². The molecule has 3 rings (SSSR count). The Balaban J connectivity index is 1.67. The Hall–Kier alpha value is -1.79. The van der Waals surface area contributed by atoms with E-state index in [-0.39, 0.29) is 6.73 Å². The first kappa shape index (κ1) is 14.2. The fraction of sp³-hybridized carbons (Fsp3) is 0.533. The highest BCUT2D eigenvalue weighted by Gasteiger charge is 2.35. The van der Waals surface area contributed by atoms with Gasteiger partial charge in [0.15, 0.2) is 11.5 Å². The van der Waals surface area contributed by atoms with Gasteiger partial charge in [0.1, 0.15) is 12.3 Å². The molecule has 21 heavy (non-hydrogen) atoms. The van der Waals surface area contributed by atoms with E-state index in [1.807, 2.05) is 4.90 Å². The molecular formula is C15H19NO5. The molecule has 0 atom stereocenters. The highest BCUT2D eigenvalue weighted by Crippen LogP contribution is 2.41. The molecule has 0 amide bonds. The summed E-state index contributed by atoms with van der Waals surface area (Å²) in [7, 11) is 0. The van der Waals surface area contributed by atoms with Gasteiger partial charge < -0.3 is 18.9 Å². The Morgan fingerprint density at radius 2 is 2.05 bits per heavy atom. The molecule has 0 spiro atoms. The molecule has 6 nitrogen and oxygen atoms in total. The third kappa shape index (κ3) is 3.11. The van der Waals surface area contributed by atoms with Crippen LogP contribution in [0, 0.1) is 0 Å². The van der Waals surface area contributed by atoms with E-state index in [4.69, 9.17) is 18.9 Å². The summed E-state index contributed by atoms with van der Waals surface area (Å²) < 4.78 is 21.9. The van der Waals surface area contributed by atoms with Crippen molar-refractivity contribution < 1.29 is 23.7 Å². The molecule has 2 heterocycles. The number of carbonyl (C=O) groups is 1. The molecule has 0 N–H and O–H groups in total. The summed E-state index contributed by atoms with van der Waals surface area (Å²) in [4.78, 5) is 14.3. The van der Waals surface area contributed by atoms with Crippen molar-refractivity contribution in [2.45, 2.75) is 19.6 Å². The predicted molar refractivity (Wildman–Crippen MR) is 74.5 cm³/mol. The first-order chi connectivity index (χ1) is 10.1. The van der Waals surface area contributed by atoms with Crippen LogP contribution in [-0.2, 0) is 9.47 Å². The van der Waals surface area contributed by atoms with Gasteiger partial charge >= 0.3 is 5.97 Å². The van der Waals surface area contributed by atoms with Crippen LogP contribution in [0.15, 0.2) is 18.2 Å². The quantitative estimate of drug-likeness (QED) is 0.790. The zero-order chi connectivity index (χ0) is 14.9. The fourth-order valence-electron chi connectivity index (χ4n) is 2.35. The Bertz CT molecular complexity index is 537. The summed E-state index contributed by atoms with van der Waals surface area (Å²) in [5.41, 5.74) is 0.395. The summed E-state index contributed by atoms with van der Waals surface area (Å²) in [6, 6.07) is 5.23. The van der Waals surface area contributed by atoms with Crippen LogP contribution in [0.5, 0.6) is 11.5 Å². The van der Waals surface area contributed by atoms with E-state index in [2.05, 4.69) is 0 Å². The number of esters is 1. The molecule has 0 saturated carbocycles. The maximum absolute atomic E-state index is 12.2. The standard InChI is InChI=1S/C15H19NO5/c1-15(2)20-12-5-3-4-11(13(12)21-15)14(17)19-10-16-6-8-18-9-7-16/h3-5H,6-10H2,1-2H3. The van der Waals surface area contributed by atoms with Crippen LogP contribution in [0.2, 0.25) is 0 Å². The molecule has 6 heteroatoms. The number of ether oxygens (including phenoxy) is 4.